The number of benzene rings is 1. The molecule has 1 heterocycles. The van der Waals surface area contributed by atoms with Crippen molar-refractivity contribution in [2.24, 2.45) is 5.92 Å². The van der Waals surface area contributed by atoms with Crippen molar-refractivity contribution in [1.29, 1.82) is 0 Å². The van der Waals surface area contributed by atoms with Gasteiger partial charge in [-0.25, -0.2) is 0 Å². The van der Waals surface area contributed by atoms with Crippen LogP contribution in [0, 0.1) is 5.92 Å². The number of carbonyl (C=O) groups excluding carboxylic acids is 1. The number of rotatable bonds is 7. The molecule has 3 rings (SSSR count). The van der Waals surface area contributed by atoms with Crippen LogP contribution in [0.1, 0.15) is 46.5 Å². The first-order chi connectivity index (χ1) is 12.0. The molecular formula is C20H27N3O2. The molecule has 0 unspecified atom stereocenters. The summed E-state index contributed by atoms with van der Waals surface area (Å²) in [7, 11) is 0. The van der Waals surface area contributed by atoms with E-state index in [1.807, 2.05) is 18.2 Å². The fraction of sp³-hybridized carbons (Fsp3) is 0.550. The molecule has 0 radical (unpaired) electrons. The maximum atomic E-state index is 12.9. The Balaban J connectivity index is 1.75. The van der Waals surface area contributed by atoms with Crippen molar-refractivity contribution in [3.8, 4) is 0 Å². The number of fused-ring (bicyclic) bond motifs is 1. The van der Waals surface area contributed by atoms with Crippen LogP contribution in [0.25, 0.3) is 10.9 Å². The fourth-order valence-corrected chi connectivity index (χ4v) is 3.40. The molecule has 1 aromatic heterocycles. The molecule has 1 aliphatic carbocycles. The van der Waals surface area contributed by atoms with Gasteiger partial charge in [-0.2, -0.15) is 5.10 Å². The van der Waals surface area contributed by atoms with Gasteiger partial charge in [-0.1, -0.05) is 32.4 Å². The van der Waals surface area contributed by atoms with Crippen LogP contribution >= 0.6 is 0 Å². The summed E-state index contributed by atoms with van der Waals surface area (Å²) in [5.41, 5.74) is 0.707. The Morgan fingerprint density at radius 2 is 2.04 bits per heavy atom. The Hall–Kier alpha value is -2.17. The van der Waals surface area contributed by atoms with Crippen molar-refractivity contribution >= 4 is 16.8 Å². The van der Waals surface area contributed by atoms with E-state index in [1.54, 1.807) is 10.7 Å². The van der Waals surface area contributed by atoms with E-state index in [9.17, 15) is 9.59 Å². The van der Waals surface area contributed by atoms with Gasteiger partial charge in [0.2, 0.25) is 11.3 Å². The molecule has 1 amide bonds. The van der Waals surface area contributed by atoms with Crippen LogP contribution in [0.15, 0.2) is 35.3 Å². The number of hydrogen-bond donors (Lipinski definition) is 0. The Morgan fingerprint density at radius 3 is 2.72 bits per heavy atom. The lowest BCUT2D eigenvalue weighted by Gasteiger charge is -2.33. The van der Waals surface area contributed by atoms with E-state index >= 15 is 0 Å². The topological polar surface area (TPSA) is 55.2 Å². The first-order valence-electron chi connectivity index (χ1n) is 9.29. The van der Waals surface area contributed by atoms with Crippen molar-refractivity contribution in [3.05, 3.63) is 40.7 Å². The zero-order valence-electron chi connectivity index (χ0n) is 15.3. The van der Waals surface area contributed by atoms with E-state index in [1.165, 1.54) is 6.20 Å². The Kier molecular flexibility index (Phi) is 5.21. The number of nitrogens with zero attached hydrogens (tertiary/aromatic N) is 3. The minimum Gasteiger partial charge on any atom is -0.337 e. The lowest BCUT2D eigenvalue weighted by atomic mass is 9.98. The molecule has 134 valence electrons. The molecule has 0 saturated heterocycles. The highest BCUT2D eigenvalue weighted by atomic mass is 16.2. The van der Waals surface area contributed by atoms with Gasteiger partial charge in [0.05, 0.1) is 18.3 Å². The third-order valence-corrected chi connectivity index (χ3v) is 5.43. The highest BCUT2D eigenvalue weighted by molar-refractivity contribution is 5.79. The Labute approximate surface area is 148 Å². The quantitative estimate of drug-likeness (QED) is 0.777. The summed E-state index contributed by atoms with van der Waals surface area (Å²) < 4.78 is 1.77. The lowest BCUT2D eigenvalue weighted by Crippen LogP contribution is -2.44. The molecular weight excluding hydrogens is 314 g/mol. The first-order valence-corrected chi connectivity index (χ1v) is 9.29. The summed E-state index contributed by atoms with van der Waals surface area (Å²) in [5, 5.41) is 4.88. The second kappa shape index (κ2) is 7.38. The number of aromatic nitrogens is 2. The van der Waals surface area contributed by atoms with Crippen molar-refractivity contribution in [2.75, 3.05) is 0 Å². The summed E-state index contributed by atoms with van der Waals surface area (Å²) in [4.78, 5) is 26.9. The highest BCUT2D eigenvalue weighted by Crippen LogP contribution is 2.32. The molecule has 0 bridgehead atoms. The molecule has 5 nitrogen and oxygen atoms in total. The highest BCUT2D eigenvalue weighted by Gasteiger charge is 2.36. The largest absolute Gasteiger partial charge is 0.337 e. The molecule has 1 aromatic carbocycles. The van der Waals surface area contributed by atoms with Crippen molar-refractivity contribution in [2.45, 2.75) is 65.1 Å². The summed E-state index contributed by atoms with van der Waals surface area (Å²) in [5.74, 6) is 0.691. The molecule has 0 aliphatic heterocycles. The molecule has 1 saturated carbocycles. The minimum absolute atomic E-state index is 0.0804. The summed E-state index contributed by atoms with van der Waals surface area (Å²) >= 11 is 0. The molecule has 2 aromatic rings. The zero-order chi connectivity index (χ0) is 18.0. The monoisotopic (exact) mass is 341 g/mol. The number of carbonyl (C=O) groups is 1. The third-order valence-electron chi connectivity index (χ3n) is 5.43. The first kappa shape index (κ1) is 17.6. The van der Waals surface area contributed by atoms with E-state index in [2.05, 4.69) is 30.8 Å². The number of hydrogen-bond acceptors (Lipinski definition) is 3. The van der Waals surface area contributed by atoms with Gasteiger partial charge < -0.3 is 4.90 Å². The molecule has 25 heavy (non-hydrogen) atoms. The number of aryl methyl sites for hydroxylation is 1. The van der Waals surface area contributed by atoms with Crippen LogP contribution < -0.4 is 5.43 Å². The lowest BCUT2D eigenvalue weighted by molar-refractivity contribution is -0.135. The van der Waals surface area contributed by atoms with Crippen LogP contribution in [0.5, 0.6) is 0 Å². The van der Waals surface area contributed by atoms with Crippen LogP contribution in [0.4, 0.5) is 0 Å². The van der Waals surface area contributed by atoms with Gasteiger partial charge in [-0.15, -0.1) is 0 Å². The van der Waals surface area contributed by atoms with Gasteiger partial charge >= 0.3 is 0 Å². The van der Waals surface area contributed by atoms with Crippen LogP contribution in [-0.2, 0) is 11.3 Å². The maximum Gasteiger partial charge on any atom is 0.224 e. The van der Waals surface area contributed by atoms with Gasteiger partial charge in [0.1, 0.15) is 0 Å². The number of para-hydroxylation sites is 1. The third kappa shape index (κ3) is 3.75. The Bertz CT molecular complexity index is 810. The van der Waals surface area contributed by atoms with E-state index in [0.717, 1.165) is 24.8 Å². The summed E-state index contributed by atoms with van der Waals surface area (Å²) in [6, 6.07) is 8.11. The Morgan fingerprint density at radius 1 is 1.32 bits per heavy atom. The van der Waals surface area contributed by atoms with Gasteiger partial charge in [0.25, 0.3) is 0 Å². The predicted molar refractivity (Wildman–Crippen MR) is 99.4 cm³/mol. The standard InChI is InChI=1S/C20H27N3O2/c1-4-14(2)15(3)23(16-9-10-16)20(25)11-12-22-18-8-6-5-7-17(18)19(24)13-21-22/h5-8,13-16H,4,9-12H2,1-3H3/t14-,15+/m0/s1. The molecule has 1 fully saturated rings. The minimum atomic E-state index is -0.0804. The van der Waals surface area contributed by atoms with Crippen molar-refractivity contribution in [1.82, 2.24) is 14.7 Å². The average Bonchev–Trinajstić information content (AvgIpc) is 3.45. The van der Waals surface area contributed by atoms with E-state index in [-0.39, 0.29) is 17.4 Å². The average molecular weight is 341 g/mol. The van der Waals surface area contributed by atoms with Gasteiger partial charge in [-0.05, 0) is 37.8 Å². The molecule has 1 aliphatic rings. The summed E-state index contributed by atoms with van der Waals surface area (Å²) in [6.45, 7) is 7.05. The number of amides is 1. The summed E-state index contributed by atoms with van der Waals surface area (Å²) in [6.07, 6.45) is 5.06. The smallest absolute Gasteiger partial charge is 0.224 e. The van der Waals surface area contributed by atoms with Crippen LogP contribution in [-0.4, -0.2) is 32.7 Å². The van der Waals surface area contributed by atoms with E-state index in [4.69, 9.17) is 0 Å². The predicted octanol–water partition coefficient (Wildman–Crippen LogP) is 3.21. The normalized spacial score (nSPS) is 16.6. The molecule has 2 atom stereocenters. The van der Waals surface area contributed by atoms with Crippen molar-refractivity contribution in [3.63, 3.8) is 0 Å². The van der Waals surface area contributed by atoms with E-state index in [0.29, 0.717) is 30.3 Å². The molecule has 0 N–H and O–H groups in total. The van der Waals surface area contributed by atoms with Gasteiger partial charge in [0.15, 0.2) is 0 Å². The van der Waals surface area contributed by atoms with Crippen molar-refractivity contribution < 1.29 is 4.79 Å². The zero-order valence-corrected chi connectivity index (χ0v) is 15.3. The second-order valence-corrected chi connectivity index (χ2v) is 7.16. The molecule has 0 spiro atoms. The SMILES string of the molecule is CC[C@H](C)[C@@H](C)N(C(=O)CCn1ncc(=O)c2ccccc21)C1CC1. The van der Waals surface area contributed by atoms with Crippen LogP contribution in [0.3, 0.4) is 0 Å². The van der Waals surface area contributed by atoms with Gasteiger partial charge in [-0.3, -0.25) is 14.3 Å². The second-order valence-electron chi connectivity index (χ2n) is 7.16. The fourth-order valence-electron chi connectivity index (χ4n) is 3.40. The van der Waals surface area contributed by atoms with E-state index < -0.39 is 0 Å². The maximum absolute atomic E-state index is 12.9. The van der Waals surface area contributed by atoms with Gasteiger partial charge in [0, 0.05) is 23.9 Å². The molecule has 5 heteroatoms. The van der Waals surface area contributed by atoms with Crippen LogP contribution in [0.2, 0.25) is 0 Å².